The normalized spacial score (nSPS) is 11.1. The van der Waals surface area contributed by atoms with E-state index >= 15 is 0 Å². The van der Waals surface area contributed by atoms with Crippen molar-refractivity contribution in [3.8, 4) is 0 Å². The zero-order valence-electron chi connectivity index (χ0n) is 9.04. The van der Waals surface area contributed by atoms with E-state index in [0.717, 1.165) is 25.4 Å². The average Bonchev–Trinajstić information content (AvgIpc) is 2.61. The first-order chi connectivity index (χ1) is 6.74. The summed E-state index contributed by atoms with van der Waals surface area (Å²) in [7, 11) is 1.71. The Balaban J connectivity index is 2.29. The van der Waals surface area contributed by atoms with Crippen molar-refractivity contribution in [2.24, 2.45) is 0 Å². The molecule has 0 aliphatic carbocycles. The summed E-state index contributed by atoms with van der Waals surface area (Å²) in [6.45, 7) is 6.81. The zero-order chi connectivity index (χ0) is 10.4. The predicted molar refractivity (Wildman–Crippen MR) is 59.8 cm³/mol. The summed E-state index contributed by atoms with van der Waals surface area (Å²) in [6.07, 6.45) is 0. The Kier molecular flexibility index (Phi) is 5.07. The Labute approximate surface area is 89.5 Å². The van der Waals surface area contributed by atoms with Crippen LogP contribution in [0.1, 0.15) is 30.5 Å². The molecule has 0 amide bonds. The summed E-state index contributed by atoms with van der Waals surface area (Å²) >= 11 is 1.74. The van der Waals surface area contributed by atoms with Gasteiger partial charge in [0.05, 0.1) is 17.3 Å². The fraction of sp³-hybridized carbons (Fsp3) is 0.700. The minimum atomic E-state index is 0.535. The number of hydrogen-bond acceptors (Lipinski definition) is 4. The van der Waals surface area contributed by atoms with Crippen molar-refractivity contribution in [2.75, 3.05) is 20.3 Å². The number of rotatable bonds is 6. The van der Waals surface area contributed by atoms with E-state index in [2.05, 4.69) is 29.5 Å². The maximum atomic E-state index is 4.94. The van der Waals surface area contributed by atoms with E-state index in [-0.39, 0.29) is 0 Å². The molecule has 0 aromatic carbocycles. The van der Waals surface area contributed by atoms with Crippen LogP contribution in [0.15, 0.2) is 5.38 Å². The van der Waals surface area contributed by atoms with Crippen LogP contribution >= 0.6 is 11.3 Å². The molecule has 1 N–H and O–H groups in total. The molecule has 0 saturated carbocycles. The summed E-state index contributed by atoms with van der Waals surface area (Å²) < 4.78 is 4.94. The number of hydrogen-bond donors (Lipinski definition) is 1. The van der Waals surface area contributed by atoms with E-state index in [1.165, 1.54) is 5.01 Å². The lowest BCUT2D eigenvalue weighted by Crippen LogP contribution is -2.18. The van der Waals surface area contributed by atoms with Crippen molar-refractivity contribution in [2.45, 2.75) is 26.3 Å². The quantitative estimate of drug-likeness (QED) is 0.735. The largest absolute Gasteiger partial charge is 0.383 e. The molecule has 0 unspecified atom stereocenters. The van der Waals surface area contributed by atoms with Crippen LogP contribution in [0.2, 0.25) is 0 Å². The number of aromatic nitrogens is 1. The highest BCUT2D eigenvalue weighted by Gasteiger charge is 2.04. The predicted octanol–water partition coefficient (Wildman–Crippen LogP) is 2.00. The van der Waals surface area contributed by atoms with Gasteiger partial charge in [-0.15, -0.1) is 11.3 Å². The van der Waals surface area contributed by atoms with Crippen molar-refractivity contribution in [3.05, 3.63) is 16.1 Å². The van der Waals surface area contributed by atoms with Gasteiger partial charge >= 0.3 is 0 Å². The molecule has 0 aliphatic heterocycles. The van der Waals surface area contributed by atoms with Crippen LogP contribution in [0.25, 0.3) is 0 Å². The number of ether oxygens (including phenoxy) is 1. The van der Waals surface area contributed by atoms with Gasteiger partial charge in [-0.3, -0.25) is 0 Å². The van der Waals surface area contributed by atoms with Crippen LogP contribution in [0.4, 0.5) is 0 Å². The molecular formula is C10H18N2OS. The Morgan fingerprint density at radius 1 is 1.57 bits per heavy atom. The van der Waals surface area contributed by atoms with Gasteiger partial charge in [0.25, 0.3) is 0 Å². The Bertz CT molecular complexity index is 260. The third-order valence-corrected chi connectivity index (χ3v) is 3.05. The fourth-order valence-corrected chi connectivity index (χ4v) is 1.89. The highest BCUT2D eigenvalue weighted by atomic mass is 32.1. The van der Waals surface area contributed by atoms with Gasteiger partial charge < -0.3 is 10.1 Å². The first kappa shape index (κ1) is 11.6. The van der Waals surface area contributed by atoms with Crippen molar-refractivity contribution < 1.29 is 4.74 Å². The molecule has 14 heavy (non-hydrogen) atoms. The molecule has 0 aliphatic rings. The Hall–Kier alpha value is -0.450. The minimum Gasteiger partial charge on any atom is -0.383 e. The maximum absolute atomic E-state index is 4.94. The first-order valence-electron chi connectivity index (χ1n) is 4.88. The van der Waals surface area contributed by atoms with Crippen LogP contribution in [-0.2, 0) is 11.3 Å². The molecule has 80 valence electrons. The molecule has 0 atom stereocenters. The van der Waals surface area contributed by atoms with Gasteiger partial charge in [-0.05, 0) is 0 Å². The lowest BCUT2D eigenvalue weighted by Gasteiger charge is -2.01. The molecule has 3 nitrogen and oxygen atoms in total. The fourth-order valence-electron chi connectivity index (χ4n) is 1.06. The summed E-state index contributed by atoms with van der Waals surface area (Å²) in [6, 6.07) is 0. The maximum Gasteiger partial charge on any atom is 0.0954 e. The Morgan fingerprint density at radius 3 is 2.93 bits per heavy atom. The third-order valence-electron chi connectivity index (χ3n) is 1.85. The molecule has 1 heterocycles. The topological polar surface area (TPSA) is 34.1 Å². The summed E-state index contributed by atoms with van der Waals surface area (Å²) in [5.41, 5.74) is 1.13. The molecule has 0 radical (unpaired) electrons. The van der Waals surface area contributed by atoms with Gasteiger partial charge in [-0.2, -0.15) is 0 Å². The number of thiazole rings is 1. The molecular weight excluding hydrogens is 196 g/mol. The van der Waals surface area contributed by atoms with Crippen molar-refractivity contribution in [3.63, 3.8) is 0 Å². The van der Waals surface area contributed by atoms with Crippen LogP contribution in [0, 0.1) is 0 Å². The molecule has 4 heteroatoms. The molecule has 1 aromatic heterocycles. The second-order valence-electron chi connectivity index (χ2n) is 3.50. The van der Waals surface area contributed by atoms with E-state index in [1.807, 2.05) is 0 Å². The van der Waals surface area contributed by atoms with Gasteiger partial charge in [0.15, 0.2) is 0 Å². The summed E-state index contributed by atoms with van der Waals surface area (Å²) in [5.74, 6) is 0.535. The molecule has 0 saturated heterocycles. The first-order valence-corrected chi connectivity index (χ1v) is 5.76. The van der Waals surface area contributed by atoms with Gasteiger partial charge in [0, 0.05) is 31.5 Å². The van der Waals surface area contributed by atoms with Gasteiger partial charge in [-0.1, -0.05) is 13.8 Å². The smallest absolute Gasteiger partial charge is 0.0954 e. The van der Waals surface area contributed by atoms with Crippen LogP contribution in [0.5, 0.6) is 0 Å². The number of nitrogens with one attached hydrogen (secondary N) is 1. The lowest BCUT2D eigenvalue weighted by atomic mass is 10.2. The SMILES string of the molecule is COCCNCc1csc(C(C)C)n1. The number of methoxy groups -OCH3 is 1. The van der Waals surface area contributed by atoms with Crippen LogP contribution in [-0.4, -0.2) is 25.2 Å². The molecule has 0 bridgehead atoms. The number of nitrogens with zero attached hydrogens (tertiary/aromatic N) is 1. The monoisotopic (exact) mass is 214 g/mol. The minimum absolute atomic E-state index is 0.535. The second kappa shape index (κ2) is 6.11. The standard InChI is InChI=1S/C10H18N2OS/c1-8(2)10-12-9(7-14-10)6-11-4-5-13-3/h7-8,11H,4-6H2,1-3H3. The zero-order valence-corrected chi connectivity index (χ0v) is 9.86. The van der Waals surface area contributed by atoms with E-state index in [4.69, 9.17) is 4.74 Å². The van der Waals surface area contributed by atoms with Crippen LogP contribution < -0.4 is 5.32 Å². The molecule has 1 aromatic rings. The van der Waals surface area contributed by atoms with Gasteiger partial charge in [-0.25, -0.2) is 4.98 Å². The lowest BCUT2D eigenvalue weighted by molar-refractivity contribution is 0.199. The van der Waals surface area contributed by atoms with E-state index in [9.17, 15) is 0 Å². The highest BCUT2D eigenvalue weighted by Crippen LogP contribution is 2.18. The molecule has 0 fully saturated rings. The van der Waals surface area contributed by atoms with Gasteiger partial charge in [0.1, 0.15) is 0 Å². The summed E-state index contributed by atoms with van der Waals surface area (Å²) in [5, 5.41) is 6.61. The second-order valence-corrected chi connectivity index (χ2v) is 4.39. The van der Waals surface area contributed by atoms with E-state index < -0.39 is 0 Å². The highest BCUT2D eigenvalue weighted by molar-refractivity contribution is 7.09. The van der Waals surface area contributed by atoms with E-state index in [0.29, 0.717) is 5.92 Å². The van der Waals surface area contributed by atoms with Crippen molar-refractivity contribution >= 4 is 11.3 Å². The Morgan fingerprint density at radius 2 is 2.36 bits per heavy atom. The van der Waals surface area contributed by atoms with Crippen molar-refractivity contribution in [1.82, 2.24) is 10.3 Å². The van der Waals surface area contributed by atoms with Gasteiger partial charge in [0.2, 0.25) is 0 Å². The summed E-state index contributed by atoms with van der Waals surface area (Å²) in [4.78, 5) is 4.52. The van der Waals surface area contributed by atoms with Crippen LogP contribution in [0.3, 0.4) is 0 Å². The third kappa shape index (κ3) is 3.74. The van der Waals surface area contributed by atoms with Crippen molar-refractivity contribution in [1.29, 1.82) is 0 Å². The molecule has 0 spiro atoms. The average molecular weight is 214 g/mol. The van der Waals surface area contributed by atoms with E-state index in [1.54, 1.807) is 18.4 Å². The molecule has 1 rings (SSSR count).